The van der Waals surface area contributed by atoms with Gasteiger partial charge in [-0.1, -0.05) is 225 Å². The molecule has 0 saturated carbocycles. The van der Waals surface area contributed by atoms with Gasteiger partial charge in [-0.2, -0.15) is 0 Å². The van der Waals surface area contributed by atoms with E-state index in [0.717, 1.165) is 12.8 Å². The molecule has 1 nitrogen and oxygen atoms in total. The Kier molecular flexibility index (Phi) is 9.42. The summed E-state index contributed by atoms with van der Waals surface area (Å²) in [5.41, 5.74) is 16.2. The number of rotatable bonds is 8. The Morgan fingerprint density at radius 1 is 0.438 bits per heavy atom. The third-order valence-electron chi connectivity index (χ3n) is 14.0. The summed E-state index contributed by atoms with van der Waals surface area (Å²) in [7, 11) is 0. The molecule has 2 atom stereocenters. The standard InChI is InChI=1S/C63H47N/c1-4-19-48(20-5-1)62-56-27-13-11-18-45(56)35-41-57(62)47-33-38-52(39-34-47)64(51-36-31-46(32-37-51)55-29-16-21-44-17-10-12-26-54(44)55)53-40-42-59-58-28-14-15-30-60(58)63(61(59)43-53,49-22-6-2-7-23-49)50-24-8-3-9-25-50/h1-19,21-39,41-43,48,53H,20,40H2. The largest absolute Gasteiger partial charge is 0.334 e. The van der Waals surface area contributed by atoms with Crippen LogP contribution in [0.3, 0.4) is 0 Å². The molecule has 304 valence electrons. The van der Waals surface area contributed by atoms with E-state index in [1.807, 2.05) is 0 Å². The van der Waals surface area contributed by atoms with Gasteiger partial charge in [0.25, 0.3) is 0 Å². The molecule has 9 aromatic rings. The van der Waals surface area contributed by atoms with E-state index >= 15 is 0 Å². The molecule has 0 fully saturated rings. The predicted octanol–water partition coefficient (Wildman–Crippen LogP) is 16.2. The molecule has 0 heterocycles. The summed E-state index contributed by atoms with van der Waals surface area (Å²) in [4.78, 5) is 2.58. The maximum atomic E-state index is 2.60. The topological polar surface area (TPSA) is 3.24 Å². The predicted molar refractivity (Wildman–Crippen MR) is 270 cm³/mol. The minimum Gasteiger partial charge on any atom is -0.334 e. The zero-order valence-corrected chi connectivity index (χ0v) is 35.7. The summed E-state index contributed by atoms with van der Waals surface area (Å²) in [6.45, 7) is 0. The second kappa shape index (κ2) is 15.9. The van der Waals surface area contributed by atoms with Crippen molar-refractivity contribution in [1.82, 2.24) is 0 Å². The highest BCUT2D eigenvalue weighted by atomic mass is 15.2. The van der Waals surface area contributed by atoms with Crippen LogP contribution in [-0.4, -0.2) is 6.04 Å². The lowest BCUT2D eigenvalue weighted by molar-refractivity contribution is 0.725. The summed E-state index contributed by atoms with van der Waals surface area (Å²) >= 11 is 0. The van der Waals surface area contributed by atoms with E-state index < -0.39 is 5.41 Å². The fourth-order valence-corrected chi connectivity index (χ4v) is 11.2. The summed E-state index contributed by atoms with van der Waals surface area (Å²) in [5.74, 6) is 0.322. The molecule has 0 aromatic heterocycles. The van der Waals surface area contributed by atoms with Crippen molar-refractivity contribution in [2.45, 2.75) is 30.2 Å². The molecule has 3 aliphatic carbocycles. The summed E-state index contributed by atoms with van der Waals surface area (Å²) < 4.78 is 0. The van der Waals surface area contributed by atoms with Crippen molar-refractivity contribution in [2.75, 3.05) is 4.90 Å². The summed E-state index contributed by atoms with van der Waals surface area (Å²) in [5, 5.41) is 5.14. The zero-order chi connectivity index (χ0) is 42.5. The highest BCUT2D eigenvalue weighted by Gasteiger charge is 2.49. The summed E-state index contributed by atoms with van der Waals surface area (Å²) in [6, 6.07) is 78.9. The van der Waals surface area contributed by atoms with Gasteiger partial charge in [0.2, 0.25) is 0 Å². The van der Waals surface area contributed by atoms with Crippen LogP contribution in [-0.2, 0) is 5.41 Å². The van der Waals surface area contributed by atoms with Crippen LogP contribution in [0.2, 0.25) is 0 Å². The number of hydrogen-bond donors (Lipinski definition) is 0. The van der Waals surface area contributed by atoms with Crippen LogP contribution < -0.4 is 4.90 Å². The van der Waals surface area contributed by atoms with Crippen molar-refractivity contribution in [3.63, 3.8) is 0 Å². The van der Waals surface area contributed by atoms with Crippen LogP contribution in [0.15, 0.2) is 254 Å². The molecule has 0 N–H and O–H groups in total. The van der Waals surface area contributed by atoms with Crippen molar-refractivity contribution in [2.24, 2.45) is 0 Å². The minimum absolute atomic E-state index is 0.0458. The van der Waals surface area contributed by atoms with E-state index in [1.54, 1.807) is 0 Å². The number of fused-ring (bicyclic) bond motifs is 5. The van der Waals surface area contributed by atoms with E-state index in [1.165, 1.54) is 94.1 Å². The van der Waals surface area contributed by atoms with Crippen molar-refractivity contribution >= 4 is 38.5 Å². The van der Waals surface area contributed by atoms with Gasteiger partial charge in [-0.3, -0.25) is 0 Å². The van der Waals surface area contributed by atoms with Crippen LogP contribution in [0, 0.1) is 0 Å². The van der Waals surface area contributed by atoms with Gasteiger partial charge in [-0.25, -0.2) is 0 Å². The van der Waals surface area contributed by atoms with Gasteiger partial charge in [0, 0.05) is 17.3 Å². The minimum atomic E-state index is -0.466. The number of benzene rings is 9. The smallest absolute Gasteiger partial charge is 0.0711 e. The molecule has 0 spiro atoms. The maximum absolute atomic E-state index is 2.60. The molecule has 0 saturated heterocycles. The Hall–Kier alpha value is -7.74. The van der Waals surface area contributed by atoms with Gasteiger partial charge < -0.3 is 4.90 Å². The first-order valence-corrected chi connectivity index (χ1v) is 22.7. The average molecular weight is 818 g/mol. The monoisotopic (exact) mass is 817 g/mol. The molecular formula is C63H47N. The second-order valence-corrected chi connectivity index (χ2v) is 17.4. The maximum Gasteiger partial charge on any atom is 0.0711 e. The van der Waals surface area contributed by atoms with Gasteiger partial charge in [-0.15, -0.1) is 0 Å². The lowest BCUT2D eigenvalue weighted by Gasteiger charge is -2.39. The highest BCUT2D eigenvalue weighted by Crippen LogP contribution is 2.59. The lowest BCUT2D eigenvalue weighted by atomic mass is 9.66. The number of anilines is 2. The Morgan fingerprint density at radius 2 is 1.02 bits per heavy atom. The first-order chi connectivity index (χ1) is 31.8. The first-order valence-electron chi connectivity index (χ1n) is 22.7. The molecule has 1 heteroatoms. The molecule has 9 aromatic carbocycles. The second-order valence-electron chi connectivity index (χ2n) is 17.4. The van der Waals surface area contributed by atoms with Crippen molar-refractivity contribution in [3.05, 3.63) is 282 Å². The SMILES string of the molecule is C1=CCC(c2c(-c3ccc(N(c4ccc(-c5cccc6ccccc56)cc4)C4C=C5C(=CC4)c4ccccc4C5(c4ccccc4)c4ccccc4)cc3)ccc3ccccc23)C=C1. The van der Waals surface area contributed by atoms with Crippen LogP contribution in [0.1, 0.15) is 46.6 Å². The lowest BCUT2D eigenvalue weighted by Crippen LogP contribution is -2.34. The van der Waals surface area contributed by atoms with Gasteiger partial charge >= 0.3 is 0 Å². The van der Waals surface area contributed by atoms with Crippen LogP contribution in [0.25, 0.3) is 49.4 Å². The number of nitrogens with zero attached hydrogens (tertiary/aromatic N) is 1. The van der Waals surface area contributed by atoms with Gasteiger partial charge in [-0.05, 0) is 120 Å². The number of hydrogen-bond acceptors (Lipinski definition) is 1. The number of allylic oxidation sites excluding steroid dienone is 6. The summed E-state index contributed by atoms with van der Waals surface area (Å²) in [6.07, 6.45) is 16.0. The van der Waals surface area contributed by atoms with Crippen molar-refractivity contribution < 1.29 is 0 Å². The third-order valence-corrected chi connectivity index (χ3v) is 14.0. The van der Waals surface area contributed by atoms with E-state index in [9.17, 15) is 0 Å². The first kappa shape index (κ1) is 38.0. The zero-order valence-electron chi connectivity index (χ0n) is 35.7. The van der Waals surface area contributed by atoms with Crippen LogP contribution >= 0.6 is 0 Å². The Morgan fingerprint density at radius 3 is 1.70 bits per heavy atom. The molecule has 0 aliphatic heterocycles. The van der Waals surface area contributed by atoms with Gasteiger partial charge in [0.15, 0.2) is 0 Å². The molecule has 2 unspecified atom stereocenters. The van der Waals surface area contributed by atoms with Crippen molar-refractivity contribution in [3.8, 4) is 22.3 Å². The third kappa shape index (κ3) is 6.22. The fraction of sp³-hybridized carbons (Fsp3) is 0.0794. The Labute approximate surface area is 376 Å². The molecular weight excluding hydrogens is 771 g/mol. The quantitative estimate of drug-likeness (QED) is 0.148. The molecule has 64 heavy (non-hydrogen) atoms. The molecule has 0 amide bonds. The average Bonchev–Trinajstić information content (AvgIpc) is 3.67. The molecule has 3 aliphatic rings. The Bertz CT molecular complexity index is 3270. The van der Waals surface area contributed by atoms with Crippen LogP contribution in [0.5, 0.6) is 0 Å². The van der Waals surface area contributed by atoms with E-state index in [-0.39, 0.29) is 6.04 Å². The van der Waals surface area contributed by atoms with Gasteiger partial charge in [0.1, 0.15) is 0 Å². The molecule has 0 radical (unpaired) electrons. The molecule has 12 rings (SSSR count). The fourth-order valence-electron chi connectivity index (χ4n) is 11.2. The van der Waals surface area contributed by atoms with Crippen LogP contribution in [0.4, 0.5) is 11.4 Å². The normalized spacial score (nSPS) is 17.1. The van der Waals surface area contributed by atoms with E-state index in [2.05, 4.69) is 254 Å². The highest BCUT2D eigenvalue weighted by molar-refractivity contribution is 5.98. The van der Waals surface area contributed by atoms with Crippen molar-refractivity contribution in [1.29, 1.82) is 0 Å². The van der Waals surface area contributed by atoms with E-state index in [0.29, 0.717) is 5.92 Å². The Balaban J connectivity index is 1.02. The molecule has 0 bridgehead atoms. The van der Waals surface area contributed by atoms with Gasteiger partial charge in [0.05, 0.1) is 11.5 Å². The van der Waals surface area contributed by atoms with E-state index in [4.69, 9.17) is 0 Å².